The van der Waals surface area contributed by atoms with Crippen LogP contribution in [0.1, 0.15) is 32.6 Å². The molecule has 1 rings (SSSR count). The number of hydrogen-bond donors (Lipinski definition) is 1. The van der Waals surface area contributed by atoms with E-state index >= 15 is 0 Å². The van der Waals surface area contributed by atoms with Crippen LogP contribution in [0.25, 0.3) is 0 Å². The fourth-order valence-corrected chi connectivity index (χ4v) is 2.79. The average Bonchev–Trinajstić information content (AvgIpc) is 2.57. The van der Waals surface area contributed by atoms with E-state index in [-0.39, 0.29) is 12.5 Å². The van der Waals surface area contributed by atoms with Crippen molar-refractivity contribution < 1.29 is 9.90 Å². The third-order valence-electron chi connectivity index (χ3n) is 2.90. The zero-order chi connectivity index (χ0) is 11.8. The number of thioether (sulfide) groups is 1. The van der Waals surface area contributed by atoms with Crippen LogP contribution in [0.5, 0.6) is 0 Å². The maximum atomic E-state index is 11.9. The van der Waals surface area contributed by atoms with E-state index in [1.807, 2.05) is 11.8 Å². The minimum absolute atomic E-state index is 0.213. The standard InChI is InChI=1S/C12H23NO2S/c1-11(8-14)9-16-10-12(15)13-6-4-2-3-5-7-13/h11,14H,2-10H2,1H3. The van der Waals surface area contributed by atoms with E-state index in [4.69, 9.17) is 5.11 Å². The molecular formula is C12H23NO2S. The summed E-state index contributed by atoms with van der Waals surface area (Å²) in [6.45, 7) is 4.10. The number of carbonyl (C=O) groups excluding carboxylic acids is 1. The maximum Gasteiger partial charge on any atom is 0.232 e. The highest BCUT2D eigenvalue weighted by Gasteiger charge is 2.15. The predicted octanol–water partition coefficient (Wildman–Crippen LogP) is 1.75. The van der Waals surface area contributed by atoms with Gasteiger partial charge in [-0.15, -0.1) is 0 Å². The van der Waals surface area contributed by atoms with Crippen LogP contribution >= 0.6 is 11.8 Å². The van der Waals surface area contributed by atoms with Crippen molar-refractivity contribution in [3.63, 3.8) is 0 Å². The summed E-state index contributed by atoms with van der Waals surface area (Å²) in [5.74, 6) is 2.01. The van der Waals surface area contributed by atoms with Crippen molar-refractivity contribution in [1.82, 2.24) is 4.90 Å². The predicted molar refractivity (Wildman–Crippen MR) is 68.6 cm³/mol. The van der Waals surface area contributed by atoms with Gasteiger partial charge < -0.3 is 10.0 Å². The van der Waals surface area contributed by atoms with Crippen LogP contribution in [0, 0.1) is 5.92 Å². The first-order valence-electron chi connectivity index (χ1n) is 6.20. The fraction of sp³-hybridized carbons (Fsp3) is 0.917. The molecule has 0 saturated carbocycles. The molecule has 1 aliphatic rings. The SMILES string of the molecule is CC(CO)CSCC(=O)N1CCCCCC1. The molecule has 94 valence electrons. The number of likely N-dealkylation sites (tertiary alicyclic amines) is 1. The van der Waals surface area contributed by atoms with Gasteiger partial charge in [-0.2, -0.15) is 11.8 Å². The van der Waals surface area contributed by atoms with E-state index in [9.17, 15) is 4.79 Å². The first-order valence-corrected chi connectivity index (χ1v) is 7.36. The van der Waals surface area contributed by atoms with E-state index in [0.29, 0.717) is 11.7 Å². The third-order valence-corrected chi connectivity index (χ3v) is 4.15. The van der Waals surface area contributed by atoms with Crippen LogP contribution in [0.3, 0.4) is 0 Å². The molecule has 1 aliphatic heterocycles. The molecule has 16 heavy (non-hydrogen) atoms. The van der Waals surface area contributed by atoms with Gasteiger partial charge in [0.25, 0.3) is 0 Å². The van der Waals surface area contributed by atoms with Gasteiger partial charge in [0.2, 0.25) is 5.91 Å². The molecule has 1 amide bonds. The lowest BCUT2D eigenvalue weighted by molar-refractivity contribution is -0.128. The van der Waals surface area contributed by atoms with E-state index in [1.165, 1.54) is 12.8 Å². The lowest BCUT2D eigenvalue weighted by atomic mass is 10.2. The highest BCUT2D eigenvalue weighted by atomic mass is 32.2. The summed E-state index contributed by atoms with van der Waals surface area (Å²) in [6, 6.07) is 0. The molecule has 4 heteroatoms. The normalized spacial score (nSPS) is 19.2. The summed E-state index contributed by atoms with van der Waals surface area (Å²) < 4.78 is 0. The second kappa shape index (κ2) is 7.96. The first kappa shape index (κ1) is 13.8. The maximum absolute atomic E-state index is 11.9. The lowest BCUT2D eigenvalue weighted by Gasteiger charge is -2.20. The number of aliphatic hydroxyl groups excluding tert-OH is 1. The number of rotatable bonds is 5. The summed E-state index contributed by atoms with van der Waals surface area (Å²) in [7, 11) is 0. The van der Waals surface area contributed by atoms with E-state index in [1.54, 1.807) is 11.8 Å². The first-order chi connectivity index (χ1) is 7.74. The smallest absolute Gasteiger partial charge is 0.232 e. The van der Waals surface area contributed by atoms with E-state index in [0.717, 1.165) is 31.7 Å². The van der Waals surface area contributed by atoms with Crippen molar-refractivity contribution >= 4 is 17.7 Å². The van der Waals surface area contributed by atoms with Gasteiger partial charge in [0.15, 0.2) is 0 Å². The Balaban J connectivity index is 2.17. The number of carbonyl (C=O) groups is 1. The molecule has 0 aromatic heterocycles. The van der Waals surface area contributed by atoms with Gasteiger partial charge in [-0.1, -0.05) is 19.8 Å². The van der Waals surface area contributed by atoms with Crippen LogP contribution in [0.4, 0.5) is 0 Å². The highest BCUT2D eigenvalue weighted by molar-refractivity contribution is 7.99. The van der Waals surface area contributed by atoms with Crippen molar-refractivity contribution in [3.8, 4) is 0 Å². The minimum Gasteiger partial charge on any atom is -0.396 e. The molecule has 0 spiro atoms. The third kappa shape index (κ3) is 5.21. The summed E-state index contributed by atoms with van der Waals surface area (Å²) in [5.41, 5.74) is 0. The summed E-state index contributed by atoms with van der Waals surface area (Å²) in [4.78, 5) is 13.9. The zero-order valence-corrected chi connectivity index (χ0v) is 11.0. The van der Waals surface area contributed by atoms with Crippen molar-refractivity contribution in [2.45, 2.75) is 32.6 Å². The average molecular weight is 245 g/mol. The van der Waals surface area contributed by atoms with Crippen molar-refractivity contribution in [2.75, 3.05) is 31.2 Å². The fourth-order valence-electron chi connectivity index (χ4n) is 1.81. The Morgan fingerprint density at radius 2 is 1.94 bits per heavy atom. The van der Waals surface area contributed by atoms with Crippen LogP contribution in [-0.2, 0) is 4.79 Å². The van der Waals surface area contributed by atoms with Crippen molar-refractivity contribution in [3.05, 3.63) is 0 Å². The van der Waals surface area contributed by atoms with E-state index in [2.05, 4.69) is 0 Å². The van der Waals surface area contributed by atoms with Crippen molar-refractivity contribution in [2.24, 2.45) is 5.92 Å². The number of hydrogen-bond acceptors (Lipinski definition) is 3. The van der Waals surface area contributed by atoms with Gasteiger partial charge in [0.05, 0.1) is 5.75 Å². The Morgan fingerprint density at radius 1 is 1.31 bits per heavy atom. The lowest BCUT2D eigenvalue weighted by Crippen LogP contribution is -2.33. The summed E-state index contributed by atoms with van der Waals surface area (Å²) in [5, 5.41) is 8.88. The van der Waals surface area contributed by atoms with E-state index < -0.39 is 0 Å². The summed E-state index contributed by atoms with van der Waals surface area (Å²) in [6.07, 6.45) is 4.84. The molecule has 0 aromatic rings. The second-order valence-corrected chi connectivity index (χ2v) is 5.63. The Bertz CT molecular complexity index is 203. The minimum atomic E-state index is 0.213. The van der Waals surface area contributed by atoms with Crippen LogP contribution in [0.2, 0.25) is 0 Å². The Morgan fingerprint density at radius 3 is 2.50 bits per heavy atom. The Kier molecular flexibility index (Phi) is 6.88. The summed E-state index contributed by atoms with van der Waals surface area (Å²) >= 11 is 1.64. The molecule has 1 heterocycles. The van der Waals surface area contributed by atoms with Crippen LogP contribution in [0.15, 0.2) is 0 Å². The molecule has 1 fully saturated rings. The van der Waals surface area contributed by atoms with Gasteiger partial charge in [-0.25, -0.2) is 0 Å². The largest absolute Gasteiger partial charge is 0.396 e. The van der Waals surface area contributed by atoms with Gasteiger partial charge in [0, 0.05) is 19.7 Å². The van der Waals surface area contributed by atoms with Gasteiger partial charge in [0.1, 0.15) is 0 Å². The molecule has 3 nitrogen and oxygen atoms in total. The highest BCUT2D eigenvalue weighted by Crippen LogP contribution is 2.13. The molecule has 1 saturated heterocycles. The number of amides is 1. The van der Waals surface area contributed by atoms with Crippen LogP contribution in [-0.4, -0.2) is 47.1 Å². The topological polar surface area (TPSA) is 40.5 Å². The van der Waals surface area contributed by atoms with Gasteiger partial charge in [-0.3, -0.25) is 4.79 Å². The van der Waals surface area contributed by atoms with Crippen LogP contribution < -0.4 is 0 Å². The molecule has 0 aromatic carbocycles. The molecular weight excluding hydrogens is 222 g/mol. The second-order valence-electron chi connectivity index (χ2n) is 4.60. The number of nitrogens with zero attached hydrogens (tertiary/aromatic N) is 1. The molecule has 0 aliphatic carbocycles. The van der Waals surface area contributed by atoms with Crippen molar-refractivity contribution in [1.29, 1.82) is 0 Å². The molecule has 1 unspecified atom stereocenters. The molecule has 1 N–H and O–H groups in total. The van der Waals surface area contributed by atoms with Gasteiger partial charge >= 0.3 is 0 Å². The molecule has 0 radical (unpaired) electrons. The quantitative estimate of drug-likeness (QED) is 0.802. The number of aliphatic hydroxyl groups is 1. The monoisotopic (exact) mass is 245 g/mol. The molecule has 1 atom stereocenters. The molecule has 0 bridgehead atoms. The Hall–Kier alpha value is -0.220. The zero-order valence-electron chi connectivity index (χ0n) is 10.2. The Labute approximate surface area is 103 Å². The van der Waals surface area contributed by atoms with Gasteiger partial charge in [-0.05, 0) is 24.5 Å².